The number of amides is 2. The van der Waals surface area contributed by atoms with Crippen LogP contribution in [0.25, 0.3) is 6.08 Å². The first-order valence-corrected chi connectivity index (χ1v) is 8.99. The summed E-state index contributed by atoms with van der Waals surface area (Å²) in [7, 11) is 1.47. The van der Waals surface area contributed by atoms with Crippen LogP contribution in [0, 0.1) is 5.92 Å². The van der Waals surface area contributed by atoms with Gasteiger partial charge in [-0.25, -0.2) is 0 Å². The number of carbonyl (C=O) groups excluding carboxylic acids is 2. The van der Waals surface area contributed by atoms with Crippen molar-refractivity contribution in [3.8, 4) is 0 Å². The van der Waals surface area contributed by atoms with Gasteiger partial charge < -0.3 is 19.8 Å². The molecule has 0 bridgehead atoms. The minimum Gasteiger partial charge on any atom is -0.461 e. The lowest BCUT2D eigenvalue weighted by atomic mass is 10.2. The second-order valence-electron chi connectivity index (χ2n) is 6.83. The van der Waals surface area contributed by atoms with Crippen LogP contribution in [0.5, 0.6) is 0 Å². The summed E-state index contributed by atoms with van der Waals surface area (Å²) in [5, 5.41) is 5.51. The van der Waals surface area contributed by atoms with Crippen LogP contribution in [-0.2, 0) is 14.3 Å². The van der Waals surface area contributed by atoms with Gasteiger partial charge in [0.15, 0.2) is 0 Å². The largest absolute Gasteiger partial charge is 0.461 e. The molecule has 0 spiro atoms. The van der Waals surface area contributed by atoms with Crippen LogP contribution in [0.1, 0.15) is 37.7 Å². The molecule has 0 saturated heterocycles. The van der Waals surface area contributed by atoms with Crippen LogP contribution >= 0.6 is 0 Å². The fourth-order valence-corrected chi connectivity index (χ4v) is 2.74. The van der Waals surface area contributed by atoms with Crippen LogP contribution in [0.15, 0.2) is 46.9 Å². The van der Waals surface area contributed by atoms with Gasteiger partial charge in [-0.3, -0.25) is 9.59 Å². The van der Waals surface area contributed by atoms with Crippen molar-refractivity contribution in [1.82, 2.24) is 0 Å². The van der Waals surface area contributed by atoms with E-state index in [9.17, 15) is 9.59 Å². The number of anilines is 2. The summed E-state index contributed by atoms with van der Waals surface area (Å²) in [5.74, 6) is 2.31. The van der Waals surface area contributed by atoms with E-state index in [1.165, 1.54) is 13.2 Å². The summed E-state index contributed by atoms with van der Waals surface area (Å²) in [6.07, 6.45) is 3.69. The third-order valence-electron chi connectivity index (χ3n) is 4.64. The molecule has 1 aromatic heterocycles. The second kappa shape index (κ2) is 8.22. The Morgan fingerprint density at radius 2 is 1.93 bits per heavy atom. The van der Waals surface area contributed by atoms with Gasteiger partial charge in [-0.05, 0) is 55.7 Å². The number of furan rings is 1. The lowest BCUT2D eigenvalue weighted by Gasteiger charge is -2.11. The fraction of sp³-hybridized carbons (Fsp3) is 0.333. The number of carbonyl (C=O) groups is 2. The van der Waals surface area contributed by atoms with Gasteiger partial charge in [0, 0.05) is 30.5 Å². The summed E-state index contributed by atoms with van der Waals surface area (Å²) in [6, 6.07) is 10.8. The van der Waals surface area contributed by atoms with E-state index in [1.54, 1.807) is 37.3 Å². The Kier molecular flexibility index (Phi) is 5.76. The second-order valence-corrected chi connectivity index (χ2v) is 6.83. The molecular weight excluding hydrogens is 344 g/mol. The molecular formula is C21H24N2O4. The van der Waals surface area contributed by atoms with E-state index in [1.807, 2.05) is 12.1 Å². The predicted octanol–water partition coefficient (Wildman–Crippen LogP) is 4.03. The van der Waals surface area contributed by atoms with Crippen molar-refractivity contribution < 1.29 is 18.7 Å². The number of hydrogen-bond donors (Lipinski definition) is 2. The molecule has 3 atom stereocenters. The molecule has 0 aliphatic heterocycles. The van der Waals surface area contributed by atoms with E-state index >= 15 is 0 Å². The molecule has 27 heavy (non-hydrogen) atoms. The topological polar surface area (TPSA) is 80.6 Å². The summed E-state index contributed by atoms with van der Waals surface area (Å²) < 4.78 is 10.7. The SMILES string of the molecule is COC(C)C(=O)Nc1cccc(NC(=O)C=Cc2ccc(C3CC3C)o2)c1. The van der Waals surface area contributed by atoms with Gasteiger partial charge in [0.05, 0.1) is 0 Å². The maximum atomic E-state index is 12.1. The van der Waals surface area contributed by atoms with E-state index in [0.717, 1.165) is 12.2 Å². The Balaban J connectivity index is 1.56. The quantitative estimate of drug-likeness (QED) is 0.723. The number of methoxy groups -OCH3 is 1. The molecule has 1 aliphatic rings. The number of ether oxygens (including phenoxy) is 1. The Morgan fingerprint density at radius 1 is 1.22 bits per heavy atom. The molecule has 1 saturated carbocycles. The van der Waals surface area contributed by atoms with Crippen LogP contribution in [0.4, 0.5) is 11.4 Å². The van der Waals surface area contributed by atoms with Gasteiger partial charge in [0.25, 0.3) is 5.91 Å². The van der Waals surface area contributed by atoms with Crippen molar-refractivity contribution in [1.29, 1.82) is 0 Å². The van der Waals surface area contributed by atoms with Crippen LogP contribution in [0.2, 0.25) is 0 Å². The molecule has 6 heteroatoms. The average molecular weight is 368 g/mol. The van der Waals surface area contributed by atoms with Gasteiger partial charge in [-0.2, -0.15) is 0 Å². The zero-order valence-corrected chi connectivity index (χ0v) is 15.7. The molecule has 2 aromatic rings. The molecule has 1 fully saturated rings. The number of nitrogens with one attached hydrogen (secondary N) is 2. The number of benzene rings is 1. The molecule has 1 heterocycles. The number of hydrogen-bond acceptors (Lipinski definition) is 4. The van der Waals surface area contributed by atoms with Crippen LogP contribution in [-0.4, -0.2) is 25.0 Å². The van der Waals surface area contributed by atoms with Crippen molar-refractivity contribution >= 4 is 29.3 Å². The van der Waals surface area contributed by atoms with Crippen LogP contribution in [0.3, 0.4) is 0 Å². The molecule has 2 amide bonds. The zero-order valence-electron chi connectivity index (χ0n) is 15.7. The summed E-state index contributed by atoms with van der Waals surface area (Å²) in [5.41, 5.74) is 1.17. The lowest BCUT2D eigenvalue weighted by Crippen LogP contribution is -2.26. The van der Waals surface area contributed by atoms with Gasteiger partial charge in [0.2, 0.25) is 5.91 Å². The van der Waals surface area contributed by atoms with E-state index in [-0.39, 0.29) is 11.8 Å². The van der Waals surface area contributed by atoms with E-state index < -0.39 is 6.10 Å². The van der Waals surface area contributed by atoms with E-state index in [2.05, 4.69) is 17.6 Å². The standard InChI is InChI=1S/C21H24N2O4/c1-13-11-18(13)19-9-7-17(27-19)8-10-20(24)22-15-5-4-6-16(12-15)23-21(25)14(2)26-3/h4-10,12-14,18H,11H2,1-3H3,(H,22,24)(H,23,25). The first-order valence-electron chi connectivity index (χ1n) is 8.99. The smallest absolute Gasteiger partial charge is 0.253 e. The molecule has 142 valence electrons. The third-order valence-corrected chi connectivity index (χ3v) is 4.64. The highest BCUT2D eigenvalue weighted by atomic mass is 16.5. The molecule has 3 rings (SSSR count). The monoisotopic (exact) mass is 368 g/mol. The lowest BCUT2D eigenvalue weighted by molar-refractivity contribution is -0.124. The molecule has 6 nitrogen and oxygen atoms in total. The van der Waals surface area contributed by atoms with Gasteiger partial charge in [-0.1, -0.05) is 13.0 Å². The number of rotatable bonds is 7. The highest BCUT2D eigenvalue weighted by molar-refractivity contribution is 6.02. The molecule has 1 aliphatic carbocycles. The summed E-state index contributed by atoms with van der Waals surface area (Å²) in [6.45, 7) is 3.86. The molecule has 2 N–H and O–H groups in total. The summed E-state index contributed by atoms with van der Waals surface area (Å²) >= 11 is 0. The highest BCUT2D eigenvalue weighted by Gasteiger charge is 2.36. The maximum Gasteiger partial charge on any atom is 0.253 e. The Labute approximate surface area is 158 Å². The maximum absolute atomic E-state index is 12.1. The van der Waals surface area contributed by atoms with Gasteiger partial charge in [-0.15, -0.1) is 0 Å². The first kappa shape index (κ1) is 18.9. The summed E-state index contributed by atoms with van der Waals surface area (Å²) in [4.78, 5) is 24.0. The molecule has 0 radical (unpaired) electrons. The van der Waals surface area contributed by atoms with Crippen molar-refractivity contribution in [3.05, 3.63) is 54.0 Å². The van der Waals surface area contributed by atoms with Crippen LogP contribution < -0.4 is 10.6 Å². The first-order chi connectivity index (χ1) is 13.0. The Morgan fingerprint density at radius 3 is 2.59 bits per heavy atom. The Bertz CT molecular complexity index is 855. The molecule has 1 aromatic carbocycles. The van der Waals surface area contributed by atoms with E-state index in [0.29, 0.717) is 29.0 Å². The average Bonchev–Trinajstić information content (AvgIpc) is 3.19. The Hall–Kier alpha value is -2.86. The molecule has 3 unspecified atom stereocenters. The van der Waals surface area contributed by atoms with Crippen molar-refractivity contribution in [3.63, 3.8) is 0 Å². The third kappa shape index (κ3) is 5.08. The van der Waals surface area contributed by atoms with Gasteiger partial charge in [0.1, 0.15) is 17.6 Å². The van der Waals surface area contributed by atoms with Crippen molar-refractivity contribution in [2.75, 3.05) is 17.7 Å². The van der Waals surface area contributed by atoms with Gasteiger partial charge >= 0.3 is 0 Å². The predicted molar refractivity (Wildman–Crippen MR) is 104 cm³/mol. The van der Waals surface area contributed by atoms with Crippen molar-refractivity contribution in [2.45, 2.75) is 32.3 Å². The fourth-order valence-electron chi connectivity index (χ4n) is 2.74. The normalized spacial score (nSPS) is 19.7. The zero-order chi connectivity index (χ0) is 19.4. The highest BCUT2D eigenvalue weighted by Crippen LogP contribution is 2.47. The van der Waals surface area contributed by atoms with E-state index in [4.69, 9.17) is 9.15 Å². The minimum absolute atomic E-state index is 0.250. The van der Waals surface area contributed by atoms with Crippen molar-refractivity contribution in [2.24, 2.45) is 5.92 Å². The minimum atomic E-state index is -0.553.